The minimum absolute atomic E-state index is 0.0361. The maximum Gasteiger partial charge on any atom is 0.283 e. The summed E-state index contributed by atoms with van der Waals surface area (Å²) in [5.74, 6) is -0.386. The topological polar surface area (TPSA) is 73.8 Å². The van der Waals surface area contributed by atoms with Crippen LogP contribution >= 0.6 is 11.8 Å². The maximum atomic E-state index is 12.9. The number of fused-ring (bicyclic) bond motifs is 2. The maximum absolute atomic E-state index is 12.9. The molecule has 3 heterocycles. The first-order valence-electron chi connectivity index (χ1n) is 11.2. The zero-order chi connectivity index (χ0) is 24.1. The van der Waals surface area contributed by atoms with Gasteiger partial charge in [0.15, 0.2) is 5.84 Å². The summed E-state index contributed by atoms with van der Waals surface area (Å²) >= 11 is 1.30. The van der Waals surface area contributed by atoms with Gasteiger partial charge >= 0.3 is 0 Å². The molecule has 0 fully saturated rings. The van der Waals surface area contributed by atoms with Crippen LogP contribution in [0.15, 0.2) is 94.5 Å². The third-order valence-corrected chi connectivity index (χ3v) is 7.19. The predicted octanol–water partition coefficient (Wildman–Crippen LogP) is 5.91. The van der Waals surface area contributed by atoms with E-state index in [0.717, 1.165) is 33.2 Å². The molecule has 0 saturated heterocycles. The molecule has 0 aliphatic carbocycles. The second kappa shape index (κ2) is 8.21. The number of aliphatic imine (C=N–C) groups is 1. The Morgan fingerprint density at radius 3 is 2.46 bits per heavy atom. The highest BCUT2D eigenvalue weighted by Crippen LogP contribution is 2.32. The van der Waals surface area contributed by atoms with Gasteiger partial charge in [-0.05, 0) is 66.2 Å². The molecular weight excluding hydrogens is 454 g/mol. The molecule has 0 unspecified atom stereocenters. The molecule has 3 aromatic carbocycles. The Morgan fingerprint density at radius 2 is 1.66 bits per heavy atom. The van der Waals surface area contributed by atoms with Gasteiger partial charge in [0.2, 0.25) is 5.17 Å². The quantitative estimate of drug-likeness (QED) is 0.374. The van der Waals surface area contributed by atoms with Crippen LogP contribution in [-0.4, -0.2) is 31.5 Å². The SMILES string of the molecule is Cc1cc(/C=C2\C(=N)N3N=C(c4ccccc4)SC3=NC2=O)c(C)n1-c1ccc2ccccc2c1. The van der Waals surface area contributed by atoms with Crippen molar-refractivity contribution in [2.45, 2.75) is 13.8 Å². The molecule has 7 heteroatoms. The van der Waals surface area contributed by atoms with Crippen LogP contribution in [0.2, 0.25) is 0 Å². The Hall–Kier alpha value is -4.23. The minimum Gasteiger partial charge on any atom is -0.318 e. The predicted molar refractivity (Wildman–Crippen MR) is 143 cm³/mol. The number of nitrogens with one attached hydrogen (secondary N) is 1. The van der Waals surface area contributed by atoms with Crippen LogP contribution in [-0.2, 0) is 4.79 Å². The van der Waals surface area contributed by atoms with Crippen molar-refractivity contribution in [1.82, 2.24) is 9.58 Å². The number of carbonyl (C=O) groups is 1. The number of hydrogen-bond acceptors (Lipinski definition) is 4. The number of nitrogens with zero attached hydrogens (tertiary/aromatic N) is 4. The second-order valence-corrected chi connectivity index (χ2v) is 9.44. The van der Waals surface area contributed by atoms with E-state index in [4.69, 9.17) is 5.41 Å². The second-order valence-electron chi connectivity index (χ2n) is 8.48. The molecule has 1 amide bonds. The summed E-state index contributed by atoms with van der Waals surface area (Å²) in [6.07, 6.45) is 1.76. The Morgan fingerprint density at radius 1 is 0.914 bits per heavy atom. The number of benzene rings is 3. The lowest BCUT2D eigenvalue weighted by atomic mass is 10.1. The van der Waals surface area contributed by atoms with E-state index in [0.29, 0.717) is 5.17 Å². The van der Waals surface area contributed by atoms with Crippen molar-refractivity contribution in [1.29, 1.82) is 5.41 Å². The monoisotopic (exact) mass is 475 g/mol. The molecule has 0 atom stereocenters. The minimum atomic E-state index is -0.422. The number of rotatable bonds is 3. The van der Waals surface area contributed by atoms with Crippen molar-refractivity contribution >= 4 is 50.6 Å². The van der Waals surface area contributed by atoms with Gasteiger partial charge < -0.3 is 4.57 Å². The van der Waals surface area contributed by atoms with Gasteiger partial charge in [-0.1, -0.05) is 60.7 Å². The van der Waals surface area contributed by atoms with Gasteiger partial charge in [-0.25, -0.2) is 0 Å². The van der Waals surface area contributed by atoms with Crippen LogP contribution in [0.4, 0.5) is 0 Å². The molecule has 0 bridgehead atoms. The van der Waals surface area contributed by atoms with Crippen molar-refractivity contribution in [2.75, 3.05) is 0 Å². The van der Waals surface area contributed by atoms with Crippen LogP contribution in [0.1, 0.15) is 22.5 Å². The normalized spacial score (nSPS) is 16.6. The lowest BCUT2D eigenvalue weighted by Gasteiger charge is -2.20. The fraction of sp³-hybridized carbons (Fsp3) is 0.0714. The molecule has 6 rings (SSSR count). The number of hydrazone groups is 1. The molecule has 1 aromatic heterocycles. The number of amidine groups is 2. The molecule has 0 radical (unpaired) electrons. The van der Waals surface area contributed by atoms with Gasteiger partial charge in [-0.3, -0.25) is 10.2 Å². The molecule has 0 spiro atoms. The number of aryl methyl sites for hydroxylation is 1. The molecule has 2 aliphatic heterocycles. The largest absolute Gasteiger partial charge is 0.318 e. The molecule has 2 aliphatic rings. The number of amides is 1. The van der Waals surface area contributed by atoms with E-state index < -0.39 is 5.91 Å². The average Bonchev–Trinajstić information content (AvgIpc) is 3.42. The van der Waals surface area contributed by atoms with Crippen LogP contribution in [0.5, 0.6) is 0 Å². The number of carbonyl (C=O) groups excluding carboxylic acids is 1. The highest BCUT2D eigenvalue weighted by molar-refractivity contribution is 8.27. The molecule has 0 saturated carbocycles. The first-order valence-corrected chi connectivity index (χ1v) is 12.0. The van der Waals surface area contributed by atoms with Crippen molar-refractivity contribution in [2.24, 2.45) is 10.1 Å². The third kappa shape index (κ3) is 3.61. The zero-order valence-corrected chi connectivity index (χ0v) is 20.0. The smallest absolute Gasteiger partial charge is 0.283 e. The van der Waals surface area contributed by atoms with Gasteiger partial charge in [-0.15, -0.1) is 0 Å². The molecule has 1 N–H and O–H groups in total. The van der Waals surface area contributed by atoms with Crippen molar-refractivity contribution in [3.63, 3.8) is 0 Å². The third-order valence-electron chi connectivity index (χ3n) is 6.24. The molecule has 6 nitrogen and oxygen atoms in total. The first kappa shape index (κ1) is 21.3. The first-order chi connectivity index (χ1) is 17.0. The molecule has 170 valence electrons. The summed E-state index contributed by atoms with van der Waals surface area (Å²) in [6.45, 7) is 4.07. The van der Waals surface area contributed by atoms with Crippen LogP contribution in [0, 0.1) is 19.3 Å². The fourth-order valence-electron chi connectivity index (χ4n) is 4.49. The van der Waals surface area contributed by atoms with Crippen LogP contribution in [0.3, 0.4) is 0 Å². The molecular formula is C28H21N5OS. The standard InChI is InChI=1S/C28H21N5OS/c1-17-14-22(18(2)32(17)23-13-12-19-8-6-7-11-21(19)15-23)16-24-25(29)33-28(30-26(24)34)35-27(31-33)20-9-4-3-5-10-20/h3-16,29H,1-2H3/b24-16+,29-25?. The summed E-state index contributed by atoms with van der Waals surface area (Å²) in [6, 6.07) is 26.4. The summed E-state index contributed by atoms with van der Waals surface area (Å²) in [5, 5.41) is 18.2. The van der Waals surface area contributed by atoms with Crippen molar-refractivity contribution in [3.05, 3.63) is 107 Å². The van der Waals surface area contributed by atoms with E-state index in [-0.39, 0.29) is 11.4 Å². The van der Waals surface area contributed by atoms with Crippen molar-refractivity contribution in [3.8, 4) is 5.69 Å². The summed E-state index contributed by atoms with van der Waals surface area (Å²) in [7, 11) is 0. The molecule has 4 aromatic rings. The van der Waals surface area contributed by atoms with Gasteiger partial charge in [0.1, 0.15) is 5.04 Å². The number of aromatic nitrogens is 1. The summed E-state index contributed by atoms with van der Waals surface area (Å²) in [4.78, 5) is 17.2. The lowest BCUT2D eigenvalue weighted by molar-refractivity contribution is -0.114. The van der Waals surface area contributed by atoms with Gasteiger partial charge in [0, 0.05) is 22.6 Å². The van der Waals surface area contributed by atoms with E-state index in [1.54, 1.807) is 6.08 Å². The zero-order valence-electron chi connectivity index (χ0n) is 19.2. The van der Waals surface area contributed by atoms with Gasteiger partial charge in [0.05, 0.1) is 5.57 Å². The van der Waals surface area contributed by atoms with Gasteiger partial charge in [-0.2, -0.15) is 15.1 Å². The Labute approximate surface area is 206 Å². The summed E-state index contributed by atoms with van der Waals surface area (Å²) < 4.78 is 2.17. The van der Waals surface area contributed by atoms with Crippen molar-refractivity contribution < 1.29 is 4.79 Å². The van der Waals surface area contributed by atoms with Crippen LogP contribution in [0.25, 0.3) is 22.5 Å². The van der Waals surface area contributed by atoms with Crippen LogP contribution < -0.4 is 0 Å². The number of hydrogen-bond donors (Lipinski definition) is 1. The van der Waals surface area contributed by atoms with E-state index in [1.165, 1.54) is 27.5 Å². The van der Waals surface area contributed by atoms with E-state index in [2.05, 4.69) is 45.0 Å². The Balaban J connectivity index is 1.37. The van der Waals surface area contributed by atoms with Gasteiger partial charge in [0.25, 0.3) is 5.91 Å². The summed E-state index contributed by atoms with van der Waals surface area (Å²) in [5.41, 5.74) is 5.13. The lowest BCUT2D eigenvalue weighted by Crippen LogP contribution is -2.35. The van der Waals surface area contributed by atoms with E-state index in [9.17, 15) is 4.79 Å². The Bertz CT molecular complexity index is 1630. The highest BCUT2D eigenvalue weighted by atomic mass is 32.2. The van der Waals surface area contributed by atoms with E-state index in [1.807, 2.05) is 62.4 Å². The Kier molecular flexibility index (Phi) is 5.00. The highest BCUT2D eigenvalue weighted by Gasteiger charge is 2.36. The average molecular weight is 476 g/mol. The fourth-order valence-corrected chi connectivity index (χ4v) is 5.39. The van der Waals surface area contributed by atoms with E-state index >= 15 is 0 Å². The molecule has 35 heavy (non-hydrogen) atoms. The number of thioether (sulfide) groups is 1.